The summed E-state index contributed by atoms with van der Waals surface area (Å²) in [5.41, 5.74) is 2.51. The minimum Gasteiger partial charge on any atom is -0.366 e. The Kier molecular flexibility index (Phi) is 4.93. The lowest BCUT2D eigenvalue weighted by atomic mass is 10.1. The third kappa shape index (κ3) is 3.80. The van der Waals surface area contributed by atoms with Crippen LogP contribution in [-0.2, 0) is 23.0 Å². The first kappa shape index (κ1) is 15.5. The molecule has 0 saturated carbocycles. The molecule has 1 aromatic heterocycles. The molecule has 0 amide bonds. The lowest BCUT2D eigenvalue weighted by Gasteiger charge is -2.10. The largest absolute Gasteiger partial charge is 0.366 e. The minimum atomic E-state index is -3.43. The first-order chi connectivity index (χ1) is 10.1. The van der Waals surface area contributed by atoms with Crippen LogP contribution >= 0.6 is 0 Å². The van der Waals surface area contributed by atoms with Crippen LogP contribution in [0.15, 0.2) is 47.5 Å². The maximum absolute atomic E-state index is 11.6. The van der Waals surface area contributed by atoms with Crippen LogP contribution < -0.4 is 10.0 Å². The van der Waals surface area contributed by atoms with Gasteiger partial charge in [-0.25, -0.2) is 18.1 Å². The second-order valence-electron chi connectivity index (χ2n) is 4.56. The average Bonchev–Trinajstić information content (AvgIpc) is 2.53. The summed E-state index contributed by atoms with van der Waals surface area (Å²) in [6.45, 7) is 2.78. The van der Waals surface area contributed by atoms with Gasteiger partial charge in [0.15, 0.2) is 0 Å². The van der Waals surface area contributed by atoms with Crippen LogP contribution in [0.4, 0.5) is 5.82 Å². The van der Waals surface area contributed by atoms with Crippen LogP contribution in [0.25, 0.3) is 0 Å². The second kappa shape index (κ2) is 6.69. The molecule has 2 aromatic rings. The molecule has 2 rings (SSSR count). The molecule has 0 aliphatic rings. The van der Waals surface area contributed by atoms with E-state index in [2.05, 4.69) is 34.1 Å². The van der Waals surface area contributed by atoms with Crippen LogP contribution in [0.2, 0.25) is 0 Å². The molecule has 0 bridgehead atoms. The van der Waals surface area contributed by atoms with Crippen molar-refractivity contribution in [3.63, 3.8) is 0 Å². The number of pyridine rings is 1. The van der Waals surface area contributed by atoms with Crippen molar-refractivity contribution in [2.24, 2.45) is 0 Å². The van der Waals surface area contributed by atoms with Crippen molar-refractivity contribution in [1.29, 1.82) is 0 Å². The summed E-state index contributed by atoms with van der Waals surface area (Å²) in [6.07, 6.45) is 2.32. The normalized spacial score (nSPS) is 11.3. The lowest BCUT2D eigenvalue weighted by Crippen LogP contribution is -2.18. The van der Waals surface area contributed by atoms with E-state index in [9.17, 15) is 8.42 Å². The highest BCUT2D eigenvalue weighted by Crippen LogP contribution is 2.14. The van der Waals surface area contributed by atoms with E-state index in [0.717, 1.165) is 6.42 Å². The monoisotopic (exact) mass is 305 g/mol. The van der Waals surface area contributed by atoms with Gasteiger partial charge in [0.2, 0.25) is 10.0 Å². The van der Waals surface area contributed by atoms with Gasteiger partial charge in [-0.1, -0.05) is 31.2 Å². The Morgan fingerprint density at radius 2 is 1.81 bits per heavy atom. The van der Waals surface area contributed by atoms with Gasteiger partial charge in [-0.2, -0.15) is 0 Å². The van der Waals surface area contributed by atoms with Crippen LogP contribution in [0, 0.1) is 0 Å². The summed E-state index contributed by atoms with van der Waals surface area (Å²) < 4.78 is 25.5. The molecule has 0 fully saturated rings. The lowest BCUT2D eigenvalue weighted by molar-refractivity contribution is 0.588. The minimum absolute atomic E-state index is 0.157. The zero-order chi connectivity index (χ0) is 15.3. The van der Waals surface area contributed by atoms with Gasteiger partial charge in [-0.3, -0.25) is 0 Å². The van der Waals surface area contributed by atoms with E-state index in [1.165, 1.54) is 30.4 Å². The summed E-state index contributed by atoms with van der Waals surface area (Å²) in [5, 5.41) is 3.21. The number of benzene rings is 1. The van der Waals surface area contributed by atoms with Gasteiger partial charge < -0.3 is 5.32 Å². The number of hydrogen-bond donors (Lipinski definition) is 2. The van der Waals surface area contributed by atoms with Crippen LogP contribution in [0.5, 0.6) is 0 Å². The van der Waals surface area contributed by atoms with E-state index < -0.39 is 10.0 Å². The molecule has 6 heteroatoms. The first-order valence-electron chi connectivity index (χ1n) is 6.77. The van der Waals surface area contributed by atoms with Crippen molar-refractivity contribution < 1.29 is 8.42 Å². The van der Waals surface area contributed by atoms with Gasteiger partial charge in [0.1, 0.15) is 10.7 Å². The van der Waals surface area contributed by atoms with Gasteiger partial charge in [0.05, 0.1) is 0 Å². The summed E-state index contributed by atoms with van der Waals surface area (Å²) in [7, 11) is -2.05. The molecule has 112 valence electrons. The smallest absolute Gasteiger partial charge is 0.241 e. The number of rotatable bonds is 6. The van der Waals surface area contributed by atoms with Gasteiger partial charge >= 0.3 is 0 Å². The molecule has 0 atom stereocenters. The molecule has 0 unspecified atom stereocenters. The number of hydrogen-bond acceptors (Lipinski definition) is 4. The molecule has 21 heavy (non-hydrogen) atoms. The Balaban J connectivity index is 2.08. The average molecular weight is 305 g/mol. The molecule has 0 aliphatic carbocycles. The second-order valence-corrected chi connectivity index (χ2v) is 6.45. The highest BCUT2D eigenvalue weighted by Gasteiger charge is 2.11. The number of sulfonamides is 1. The van der Waals surface area contributed by atoms with E-state index in [1.807, 2.05) is 12.1 Å². The molecule has 1 aromatic carbocycles. The van der Waals surface area contributed by atoms with Crippen LogP contribution in [0.3, 0.4) is 0 Å². The van der Waals surface area contributed by atoms with E-state index in [4.69, 9.17) is 0 Å². The number of anilines is 1. The van der Waals surface area contributed by atoms with Crippen LogP contribution in [0.1, 0.15) is 18.1 Å². The van der Waals surface area contributed by atoms with Crippen molar-refractivity contribution in [3.8, 4) is 0 Å². The van der Waals surface area contributed by atoms with E-state index in [1.54, 1.807) is 6.07 Å². The fourth-order valence-corrected chi connectivity index (χ4v) is 2.70. The fourth-order valence-electron chi connectivity index (χ4n) is 2.02. The number of nitrogens with one attached hydrogen (secondary N) is 2. The highest BCUT2D eigenvalue weighted by molar-refractivity contribution is 7.89. The van der Waals surface area contributed by atoms with Gasteiger partial charge in [0, 0.05) is 12.7 Å². The molecular weight excluding hydrogens is 286 g/mol. The summed E-state index contributed by atoms with van der Waals surface area (Å²) in [4.78, 5) is 4.29. The van der Waals surface area contributed by atoms with Crippen molar-refractivity contribution in [3.05, 3.63) is 53.7 Å². The molecular formula is C15H19N3O2S. The Morgan fingerprint density at radius 1 is 1.10 bits per heavy atom. The predicted molar refractivity (Wildman–Crippen MR) is 83.6 cm³/mol. The van der Waals surface area contributed by atoms with Crippen molar-refractivity contribution in [2.45, 2.75) is 24.8 Å². The Labute approximate surface area is 125 Å². The van der Waals surface area contributed by atoms with Crippen molar-refractivity contribution in [1.82, 2.24) is 9.71 Å². The van der Waals surface area contributed by atoms with E-state index >= 15 is 0 Å². The standard InChI is InChI=1S/C15H19N3O2S/c1-3-12-6-4-5-7-13(12)10-17-15-9-8-14(11-18-15)21(19,20)16-2/h4-9,11,16H,3,10H2,1-2H3,(H,17,18). The zero-order valence-electron chi connectivity index (χ0n) is 12.1. The van der Waals surface area contributed by atoms with E-state index in [-0.39, 0.29) is 4.90 Å². The summed E-state index contributed by atoms with van der Waals surface area (Å²) >= 11 is 0. The maximum atomic E-state index is 11.6. The number of nitrogens with zero attached hydrogens (tertiary/aromatic N) is 1. The van der Waals surface area contributed by atoms with Gasteiger partial charge in [-0.15, -0.1) is 0 Å². The van der Waals surface area contributed by atoms with E-state index in [0.29, 0.717) is 12.4 Å². The SMILES string of the molecule is CCc1ccccc1CNc1ccc(S(=O)(=O)NC)cn1. The molecule has 0 saturated heterocycles. The molecule has 0 spiro atoms. The van der Waals surface area contributed by atoms with Gasteiger partial charge in [0.25, 0.3) is 0 Å². The molecule has 0 aliphatic heterocycles. The molecule has 1 heterocycles. The Bertz CT molecular complexity index is 697. The Hall–Kier alpha value is -1.92. The van der Waals surface area contributed by atoms with Crippen LogP contribution in [-0.4, -0.2) is 20.4 Å². The maximum Gasteiger partial charge on any atom is 0.241 e. The molecule has 0 radical (unpaired) electrons. The van der Waals surface area contributed by atoms with Crippen molar-refractivity contribution >= 4 is 15.8 Å². The predicted octanol–water partition coefficient (Wildman–Crippen LogP) is 2.16. The highest BCUT2D eigenvalue weighted by atomic mass is 32.2. The third-order valence-corrected chi connectivity index (χ3v) is 4.67. The third-order valence-electron chi connectivity index (χ3n) is 3.27. The fraction of sp³-hybridized carbons (Fsp3) is 0.267. The topological polar surface area (TPSA) is 71.1 Å². The summed E-state index contributed by atoms with van der Waals surface area (Å²) in [6, 6.07) is 11.4. The number of aryl methyl sites for hydroxylation is 1. The first-order valence-corrected chi connectivity index (χ1v) is 8.25. The molecule has 2 N–H and O–H groups in total. The quantitative estimate of drug-likeness (QED) is 0.858. The molecule has 5 nitrogen and oxygen atoms in total. The van der Waals surface area contributed by atoms with Gasteiger partial charge in [-0.05, 0) is 36.7 Å². The zero-order valence-corrected chi connectivity index (χ0v) is 12.9. The Morgan fingerprint density at radius 3 is 2.38 bits per heavy atom. The summed E-state index contributed by atoms with van der Waals surface area (Å²) in [5.74, 6) is 0.649. The van der Waals surface area contributed by atoms with Crippen molar-refractivity contribution in [2.75, 3.05) is 12.4 Å². The number of aromatic nitrogens is 1.